The minimum absolute atomic E-state index is 0.135. The van der Waals surface area contributed by atoms with Gasteiger partial charge in [0.2, 0.25) is 11.7 Å². The zero-order valence-corrected chi connectivity index (χ0v) is 25.0. The largest absolute Gasteiger partial charge is 0.484 e. The maximum absolute atomic E-state index is 6.96. The third-order valence-electron chi connectivity index (χ3n) is 6.52. The van der Waals surface area contributed by atoms with Crippen LogP contribution in [0.3, 0.4) is 0 Å². The van der Waals surface area contributed by atoms with Crippen molar-refractivity contribution >= 4 is 35.2 Å². The van der Waals surface area contributed by atoms with E-state index in [-0.39, 0.29) is 12.0 Å². The molecule has 40 heavy (non-hydrogen) atoms. The standard InChI is InChI=1S/C29H34ClN7O2S/c1-19(2)38-27-26(22-10-7-6-9-20(22)3)32-29(34-40-21-17-31-36(5)18-21)33-28(27)39-24-12-8-11-23(25(24)30)37-15-13-35(4)14-16-37/h6-12,17-19H,13-16H2,1-5H3,(H,32,33,34). The number of hydrogen-bond acceptors (Lipinski definition) is 9. The number of aromatic nitrogens is 4. The van der Waals surface area contributed by atoms with Crippen molar-refractivity contribution in [2.45, 2.75) is 31.8 Å². The number of nitrogens with one attached hydrogen (secondary N) is 1. The van der Waals surface area contributed by atoms with Crippen LogP contribution in [-0.2, 0) is 7.05 Å². The third-order valence-corrected chi connectivity index (χ3v) is 7.63. The molecule has 9 nitrogen and oxygen atoms in total. The molecule has 0 spiro atoms. The molecule has 1 aliphatic heterocycles. The molecule has 0 unspecified atom stereocenters. The van der Waals surface area contributed by atoms with E-state index in [0.717, 1.165) is 47.9 Å². The smallest absolute Gasteiger partial charge is 0.268 e. The summed E-state index contributed by atoms with van der Waals surface area (Å²) in [4.78, 5) is 15.2. The first kappa shape index (κ1) is 28.1. The first-order valence-corrected chi connectivity index (χ1v) is 14.4. The molecule has 1 N–H and O–H groups in total. The maximum Gasteiger partial charge on any atom is 0.268 e. The summed E-state index contributed by atoms with van der Waals surface area (Å²) >= 11 is 8.33. The Morgan fingerprint density at radius 1 is 1.00 bits per heavy atom. The lowest BCUT2D eigenvalue weighted by Crippen LogP contribution is -2.44. The van der Waals surface area contributed by atoms with Crippen LogP contribution in [0.15, 0.2) is 59.8 Å². The second-order valence-electron chi connectivity index (χ2n) is 10.0. The van der Waals surface area contributed by atoms with Gasteiger partial charge in [-0.15, -0.1) is 0 Å². The van der Waals surface area contributed by atoms with Gasteiger partial charge >= 0.3 is 0 Å². The first-order chi connectivity index (χ1) is 19.3. The zero-order valence-electron chi connectivity index (χ0n) is 23.4. The van der Waals surface area contributed by atoms with Crippen LogP contribution >= 0.6 is 23.5 Å². The van der Waals surface area contributed by atoms with Gasteiger partial charge in [0.25, 0.3) is 5.88 Å². The van der Waals surface area contributed by atoms with E-state index < -0.39 is 0 Å². The molecule has 1 aliphatic rings. The van der Waals surface area contributed by atoms with Crippen molar-refractivity contribution in [1.82, 2.24) is 24.6 Å². The van der Waals surface area contributed by atoms with Crippen molar-refractivity contribution in [3.8, 4) is 28.6 Å². The van der Waals surface area contributed by atoms with Crippen LogP contribution in [0.1, 0.15) is 19.4 Å². The summed E-state index contributed by atoms with van der Waals surface area (Å²) in [5.74, 6) is 1.63. The molecule has 210 valence electrons. The summed E-state index contributed by atoms with van der Waals surface area (Å²) in [6.07, 6.45) is 3.55. The van der Waals surface area contributed by atoms with Gasteiger partial charge in [-0.25, -0.2) is 4.98 Å². The van der Waals surface area contributed by atoms with Crippen molar-refractivity contribution in [1.29, 1.82) is 0 Å². The van der Waals surface area contributed by atoms with E-state index in [2.05, 4.69) is 26.7 Å². The van der Waals surface area contributed by atoms with E-state index in [1.54, 1.807) is 10.9 Å². The molecule has 1 saturated heterocycles. The number of ether oxygens (including phenoxy) is 2. The van der Waals surface area contributed by atoms with Crippen molar-refractivity contribution in [3.63, 3.8) is 0 Å². The fourth-order valence-electron chi connectivity index (χ4n) is 4.44. The number of likely N-dealkylation sites (N-methyl/N-ethyl adjacent to an activating group) is 1. The van der Waals surface area contributed by atoms with Gasteiger partial charge in [-0.1, -0.05) is 41.9 Å². The summed E-state index contributed by atoms with van der Waals surface area (Å²) in [7, 11) is 4.01. The zero-order chi connectivity index (χ0) is 28.2. The molecule has 0 amide bonds. The molecule has 2 aromatic heterocycles. The molecule has 3 heterocycles. The fraction of sp³-hybridized carbons (Fsp3) is 0.345. The Hall–Kier alpha value is -3.47. The van der Waals surface area contributed by atoms with Crippen LogP contribution in [0.5, 0.6) is 17.4 Å². The molecule has 11 heteroatoms. The Morgan fingerprint density at radius 3 is 2.48 bits per heavy atom. The highest BCUT2D eigenvalue weighted by Crippen LogP contribution is 2.44. The average Bonchev–Trinajstić information content (AvgIpc) is 3.35. The highest BCUT2D eigenvalue weighted by atomic mass is 35.5. The summed E-state index contributed by atoms with van der Waals surface area (Å²) in [6, 6.07) is 13.9. The van der Waals surface area contributed by atoms with E-state index >= 15 is 0 Å². The Bertz CT molecular complexity index is 1470. The van der Waals surface area contributed by atoms with E-state index in [1.165, 1.54) is 11.9 Å². The van der Waals surface area contributed by atoms with Crippen LogP contribution in [-0.4, -0.2) is 64.0 Å². The minimum atomic E-state index is -0.135. The Labute approximate surface area is 244 Å². The van der Waals surface area contributed by atoms with Gasteiger partial charge in [-0.3, -0.25) is 9.40 Å². The summed E-state index contributed by atoms with van der Waals surface area (Å²) < 4.78 is 17.8. The second-order valence-corrected chi connectivity index (χ2v) is 11.3. The average molecular weight is 580 g/mol. The Morgan fingerprint density at radius 2 is 1.77 bits per heavy atom. The number of nitrogens with zero attached hydrogens (tertiary/aromatic N) is 6. The number of halogens is 1. The van der Waals surface area contributed by atoms with Gasteiger partial charge in [0.15, 0.2) is 0 Å². The van der Waals surface area contributed by atoms with Crippen molar-refractivity contribution in [2.24, 2.45) is 7.05 Å². The van der Waals surface area contributed by atoms with E-state index in [0.29, 0.717) is 28.2 Å². The SMILES string of the molecule is Cc1ccccc1-c1nc(NSc2cnn(C)c2)nc(Oc2cccc(N3CCN(C)CC3)c2Cl)c1OC(C)C. The van der Waals surface area contributed by atoms with Gasteiger partial charge in [0.1, 0.15) is 16.5 Å². The van der Waals surface area contributed by atoms with Crippen LogP contribution in [0.2, 0.25) is 5.02 Å². The lowest BCUT2D eigenvalue weighted by molar-refractivity contribution is 0.231. The van der Waals surface area contributed by atoms with Gasteiger partial charge in [0.05, 0.1) is 22.9 Å². The molecule has 0 radical (unpaired) electrons. The highest BCUT2D eigenvalue weighted by Gasteiger charge is 2.24. The number of rotatable bonds is 9. The fourth-order valence-corrected chi connectivity index (χ4v) is 5.33. The number of aryl methyl sites for hydroxylation is 2. The Balaban J connectivity index is 1.57. The highest BCUT2D eigenvalue weighted by molar-refractivity contribution is 8.00. The lowest BCUT2D eigenvalue weighted by Gasteiger charge is -2.34. The molecular formula is C29H34ClN7O2S. The van der Waals surface area contributed by atoms with Crippen LogP contribution in [0.4, 0.5) is 11.6 Å². The molecule has 0 saturated carbocycles. The monoisotopic (exact) mass is 579 g/mol. The molecule has 5 rings (SSSR count). The maximum atomic E-state index is 6.96. The predicted molar refractivity (Wildman–Crippen MR) is 162 cm³/mol. The number of benzene rings is 2. The summed E-state index contributed by atoms with van der Waals surface area (Å²) in [5, 5.41) is 4.78. The molecule has 0 atom stereocenters. The van der Waals surface area contributed by atoms with Crippen LogP contribution < -0.4 is 19.1 Å². The topological polar surface area (TPSA) is 80.6 Å². The van der Waals surface area contributed by atoms with Crippen molar-refractivity contribution in [3.05, 3.63) is 65.4 Å². The van der Waals surface area contributed by atoms with Crippen molar-refractivity contribution < 1.29 is 9.47 Å². The first-order valence-electron chi connectivity index (χ1n) is 13.2. The molecule has 0 aliphatic carbocycles. The molecular weight excluding hydrogens is 546 g/mol. The predicted octanol–water partition coefficient (Wildman–Crippen LogP) is 6.29. The molecule has 2 aromatic carbocycles. The van der Waals surface area contributed by atoms with Gasteiger partial charge in [-0.2, -0.15) is 10.1 Å². The van der Waals surface area contributed by atoms with Crippen LogP contribution in [0, 0.1) is 6.92 Å². The van der Waals surface area contributed by atoms with Crippen molar-refractivity contribution in [2.75, 3.05) is 42.8 Å². The van der Waals surface area contributed by atoms with Gasteiger partial charge in [0, 0.05) is 45.0 Å². The normalized spacial score (nSPS) is 14.0. The minimum Gasteiger partial charge on any atom is -0.484 e. The van der Waals surface area contributed by atoms with Gasteiger partial charge in [-0.05, 0) is 57.5 Å². The van der Waals surface area contributed by atoms with E-state index in [9.17, 15) is 0 Å². The summed E-state index contributed by atoms with van der Waals surface area (Å²) in [5.41, 5.74) is 3.56. The van der Waals surface area contributed by atoms with E-state index in [4.69, 9.17) is 31.0 Å². The number of hydrogen-bond donors (Lipinski definition) is 1. The van der Waals surface area contributed by atoms with E-state index in [1.807, 2.05) is 76.5 Å². The molecule has 1 fully saturated rings. The van der Waals surface area contributed by atoms with Crippen LogP contribution in [0.25, 0.3) is 11.3 Å². The Kier molecular flexibility index (Phi) is 8.68. The number of anilines is 2. The third kappa shape index (κ3) is 6.46. The quantitative estimate of drug-likeness (QED) is 0.230. The second kappa shape index (κ2) is 12.4. The number of piperazine rings is 1. The summed E-state index contributed by atoms with van der Waals surface area (Å²) in [6.45, 7) is 9.72. The van der Waals surface area contributed by atoms with Gasteiger partial charge < -0.3 is 19.3 Å². The lowest BCUT2D eigenvalue weighted by atomic mass is 10.0. The molecule has 4 aromatic rings. The molecule has 0 bridgehead atoms.